The van der Waals surface area contributed by atoms with Gasteiger partial charge in [0.2, 0.25) is 5.91 Å². The lowest BCUT2D eigenvalue weighted by Gasteiger charge is -2.35. The summed E-state index contributed by atoms with van der Waals surface area (Å²) in [6, 6.07) is 0.337. The number of hydrogen-bond donors (Lipinski definition) is 0. The second-order valence-corrected chi connectivity index (χ2v) is 20.7. The monoisotopic (exact) mass is 917 g/mol. The van der Waals surface area contributed by atoms with Crippen LogP contribution in [0.4, 0.5) is 0 Å². The molecule has 0 N–H and O–H groups in total. The highest BCUT2D eigenvalue weighted by Gasteiger charge is 2.24. The number of esters is 2. The van der Waals surface area contributed by atoms with Crippen LogP contribution in [0.5, 0.6) is 0 Å². The van der Waals surface area contributed by atoms with Crippen LogP contribution in [0.25, 0.3) is 0 Å². The average molecular weight is 918 g/mol. The zero-order valence-corrected chi connectivity index (χ0v) is 44.4. The van der Waals surface area contributed by atoms with Gasteiger partial charge in [-0.3, -0.25) is 14.4 Å². The molecular formula is C58H112N2O5. The smallest absolute Gasteiger partial charge is 0.305 e. The van der Waals surface area contributed by atoms with Crippen molar-refractivity contribution in [1.29, 1.82) is 0 Å². The van der Waals surface area contributed by atoms with E-state index in [9.17, 15) is 14.4 Å². The van der Waals surface area contributed by atoms with Crippen LogP contribution in [0.15, 0.2) is 0 Å². The minimum atomic E-state index is -0.00251. The summed E-state index contributed by atoms with van der Waals surface area (Å²) in [4.78, 5) is 44.1. The van der Waals surface area contributed by atoms with E-state index in [1.54, 1.807) is 0 Å². The molecule has 1 heterocycles. The summed E-state index contributed by atoms with van der Waals surface area (Å²) >= 11 is 0. The molecule has 7 nitrogen and oxygen atoms in total. The number of hydrogen-bond acceptors (Lipinski definition) is 6. The van der Waals surface area contributed by atoms with Crippen molar-refractivity contribution in [2.45, 2.75) is 304 Å². The second kappa shape index (κ2) is 46.1. The van der Waals surface area contributed by atoms with Crippen LogP contribution in [0, 0.1) is 11.8 Å². The molecule has 1 saturated heterocycles. The van der Waals surface area contributed by atoms with E-state index >= 15 is 0 Å². The topological polar surface area (TPSA) is 76.2 Å². The van der Waals surface area contributed by atoms with Gasteiger partial charge < -0.3 is 19.3 Å². The predicted molar refractivity (Wildman–Crippen MR) is 279 cm³/mol. The number of likely N-dealkylation sites (tertiary alicyclic amines) is 1. The molecule has 1 amide bonds. The Balaban J connectivity index is 2.59. The molecule has 2 atom stereocenters. The summed E-state index contributed by atoms with van der Waals surface area (Å²) in [5, 5.41) is 0. The van der Waals surface area contributed by atoms with E-state index < -0.39 is 0 Å². The summed E-state index contributed by atoms with van der Waals surface area (Å²) in [7, 11) is 0. The zero-order chi connectivity index (χ0) is 47.3. The average Bonchev–Trinajstić information content (AvgIpc) is 3.29. The summed E-state index contributed by atoms with van der Waals surface area (Å²) in [5.74, 6) is 1.45. The highest BCUT2D eigenvalue weighted by Crippen LogP contribution is 2.24. The van der Waals surface area contributed by atoms with Crippen LogP contribution in [-0.4, -0.2) is 73.1 Å². The molecule has 1 fully saturated rings. The third kappa shape index (κ3) is 37.0. The van der Waals surface area contributed by atoms with Crippen molar-refractivity contribution in [2.75, 3.05) is 39.4 Å². The van der Waals surface area contributed by atoms with E-state index in [0.29, 0.717) is 56.3 Å². The first-order valence-electron chi connectivity index (χ1n) is 29.2. The van der Waals surface area contributed by atoms with E-state index in [4.69, 9.17) is 9.47 Å². The van der Waals surface area contributed by atoms with Crippen LogP contribution in [0.3, 0.4) is 0 Å². The van der Waals surface area contributed by atoms with Crippen molar-refractivity contribution in [3.05, 3.63) is 0 Å². The van der Waals surface area contributed by atoms with Gasteiger partial charge in [-0.05, 0) is 102 Å². The van der Waals surface area contributed by atoms with Gasteiger partial charge in [0.05, 0.1) is 13.2 Å². The van der Waals surface area contributed by atoms with Gasteiger partial charge in [0.1, 0.15) is 0 Å². The summed E-state index contributed by atoms with van der Waals surface area (Å²) < 4.78 is 11.6. The lowest BCUT2D eigenvalue weighted by molar-refractivity contribution is -0.146. The van der Waals surface area contributed by atoms with Gasteiger partial charge in [-0.1, -0.05) is 208 Å². The Morgan fingerprint density at radius 3 is 1.18 bits per heavy atom. The molecule has 0 radical (unpaired) electrons. The highest BCUT2D eigenvalue weighted by atomic mass is 16.5. The summed E-state index contributed by atoms with van der Waals surface area (Å²) in [5.41, 5.74) is 0. The number of carbonyl (C=O) groups is 3. The fourth-order valence-corrected chi connectivity index (χ4v) is 9.84. The first-order valence-corrected chi connectivity index (χ1v) is 29.2. The first kappa shape index (κ1) is 61.4. The van der Waals surface area contributed by atoms with Crippen molar-refractivity contribution in [3.63, 3.8) is 0 Å². The van der Waals surface area contributed by atoms with E-state index in [1.807, 2.05) is 0 Å². The van der Waals surface area contributed by atoms with E-state index in [1.165, 1.54) is 206 Å². The SMILES string of the molecule is CCCCCCCCC(=O)N(CCCN1CCC1)C(CCCCCCCCC(=O)OCC(CCCC)CCCCCC)CCCCCCCCC(=O)OCC(CCCC)CCCCCC. The van der Waals surface area contributed by atoms with Crippen LogP contribution in [-0.2, 0) is 23.9 Å². The van der Waals surface area contributed by atoms with Crippen LogP contribution < -0.4 is 0 Å². The Bertz CT molecular complexity index is 1010. The molecule has 7 heteroatoms. The fraction of sp³-hybridized carbons (Fsp3) is 0.948. The molecule has 65 heavy (non-hydrogen) atoms. The summed E-state index contributed by atoms with van der Waals surface area (Å²) in [6.45, 7) is 16.9. The number of ether oxygens (including phenoxy) is 2. The number of rotatable bonds is 50. The molecule has 0 aromatic carbocycles. The van der Waals surface area contributed by atoms with E-state index in [0.717, 1.165) is 64.5 Å². The molecule has 1 rings (SSSR count). The van der Waals surface area contributed by atoms with E-state index in [-0.39, 0.29) is 11.9 Å². The lowest BCUT2D eigenvalue weighted by Crippen LogP contribution is -2.43. The molecule has 0 saturated carbocycles. The normalized spacial score (nSPS) is 14.2. The molecule has 0 bridgehead atoms. The Morgan fingerprint density at radius 1 is 0.415 bits per heavy atom. The van der Waals surface area contributed by atoms with Crippen molar-refractivity contribution >= 4 is 17.8 Å². The molecule has 0 aromatic heterocycles. The number of carbonyl (C=O) groups excluding carboxylic acids is 3. The molecule has 1 aliphatic heterocycles. The van der Waals surface area contributed by atoms with Crippen molar-refractivity contribution in [1.82, 2.24) is 9.80 Å². The first-order chi connectivity index (χ1) is 31.9. The largest absolute Gasteiger partial charge is 0.465 e. The zero-order valence-electron chi connectivity index (χ0n) is 44.4. The van der Waals surface area contributed by atoms with Gasteiger partial charge in [-0.25, -0.2) is 0 Å². The molecule has 0 aliphatic carbocycles. The van der Waals surface area contributed by atoms with Gasteiger partial charge in [0.25, 0.3) is 0 Å². The maximum atomic E-state index is 14.0. The Morgan fingerprint density at radius 2 is 0.769 bits per heavy atom. The van der Waals surface area contributed by atoms with Gasteiger partial charge in [0, 0.05) is 31.8 Å². The number of nitrogens with zero attached hydrogens (tertiary/aromatic N) is 2. The van der Waals surface area contributed by atoms with Crippen LogP contribution >= 0.6 is 0 Å². The van der Waals surface area contributed by atoms with Gasteiger partial charge in [-0.2, -0.15) is 0 Å². The minimum Gasteiger partial charge on any atom is -0.465 e. The van der Waals surface area contributed by atoms with Gasteiger partial charge >= 0.3 is 11.9 Å². The standard InChI is InChI=1S/C58H112N2O5/c1-6-11-16-19-26-33-44-56(61)60(50-37-49-59-47-36-48-59)55(42-31-24-20-22-27-34-45-57(62)64-51-53(38-14-9-4)40-29-17-12-7-2)43-32-25-21-23-28-35-46-58(63)65-52-54(39-15-10-5)41-30-18-13-8-3/h53-55H,6-52H2,1-5H3. The Hall–Kier alpha value is -1.63. The maximum absolute atomic E-state index is 14.0. The Labute approximate surface area is 405 Å². The lowest BCUT2D eigenvalue weighted by atomic mass is 9.96. The molecular weight excluding hydrogens is 805 g/mol. The van der Waals surface area contributed by atoms with Crippen molar-refractivity contribution in [3.8, 4) is 0 Å². The molecule has 0 spiro atoms. The van der Waals surface area contributed by atoms with Gasteiger partial charge in [-0.15, -0.1) is 0 Å². The van der Waals surface area contributed by atoms with Crippen LogP contribution in [0.1, 0.15) is 298 Å². The third-order valence-electron chi connectivity index (χ3n) is 14.5. The van der Waals surface area contributed by atoms with Gasteiger partial charge in [0.15, 0.2) is 0 Å². The fourth-order valence-electron chi connectivity index (χ4n) is 9.84. The quantitative estimate of drug-likeness (QED) is 0.0447. The van der Waals surface area contributed by atoms with Crippen molar-refractivity contribution < 1.29 is 23.9 Å². The molecule has 2 unspecified atom stereocenters. The number of amides is 1. The summed E-state index contributed by atoms with van der Waals surface area (Å²) in [6.07, 6.45) is 47.1. The molecule has 0 aromatic rings. The third-order valence-corrected chi connectivity index (χ3v) is 14.5. The Kier molecular flexibility index (Phi) is 43.6. The van der Waals surface area contributed by atoms with E-state index in [2.05, 4.69) is 44.4 Å². The highest BCUT2D eigenvalue weighted by molar-refractivity contribution is 5.76. The molecule has 384 valence electrons. The predicted octanol–water partition coefficient (Wildman–Crippen LogP) is 16.9. The number of unbranched alkanes of at least 4 members (excludes halogenated alkanes) is 23. The van der Waals surface area contributed by atoms with Crippen LogP contribution in [0.2, 0.25) is 0 Å². The second-order valence-electron chi connectivity index (χ2n) is 20.7. The maximum Gasteiger partial charge on any atom is 0.305 e. The van der Waals surface area contributed by atoms with Crippen molar-refractivity contribution in [2.24, 2.45) is 11.8 Å². The molecule has 1 aliphatic rings. The minimum absolute atomic E-state index is 0.00251.